The van der Waals surface area contributed by atoms with E-state index in [2.05, 4.69) is 49.6 Å². The fraction of sp³-hybridized carbons (Fsp3) is 0.583. The van der Waals surface area contributed by atoms with Crippen molar-refractivity contribution in [3.05, 3.63) is 22.0 Å². The second-order valence-electron chi connectivity index (χ2n) is 4.75. The normalized spacial score (nSPS) is 12.5. The van der Waals surface area contributed by atoms with Crippen molar-refractivity contribution >= 4 is 29.4 Å². The maximum absolute atomic E-state index is 4.36. The van der Waals surface area contributed by atoms with Crippen LogP contribution in [0, 0.1) is 5.41 Å². The van der Waals surface area contributed by atoms with Crippen LogP contribution < -0.4 is 0 Å². The third-order valence-electron chi connectivity index (χ3n) is 1.78. The Labute approximate surface area is 101 Å². The van der Waals surface area contributed by atoms with Gasteiger partial charge in [0.25, 0.3) is 0 Å². The second kappa shape index (κ2) is 5.71. The molecule has 0 radical (unpaired) electrons. The number of rotatable bonds is 4. The Morgan fingerprint density at radius 2 is 2.20 bits per heavy atom. The van der Waals surface area contributed by atoms with Gasteiger partial charge in [0.1, 0.15) is 0 Å². The lowest BCUT2D eigenvalue weighted by molar-refractivity contribution is 0.481. The smallest absolute Gasteiger partial charge is 0.0776 e. The molecule has 0 aliphatic heterocycles. The third kappa shape index (κ3) is 5.38. The molecule has 1 heterocycles. The van der Waals surface area contributed by atoms with Crippen molar-refractivity contribution in [3.8, 4) is 0 Å². The van der Waals surface area contributed by atoms with E-state index in [9.17, 15) is 0 Å². The first-order valence-corrected chi connectivity index (χ1v) is 7.07. The molecule has 84 valence electrons. The van der Waals surface area contributed by atoms with E-state index in [1.54, 1.807) is 11.5 Å². The van der Waals surface area contributed by atoms with Gasteiger partial charge in [0, 0.05) is 10.6 Å². The Morgan fingerprint density at radius 1 is 1.47 bits per heavy atom. The minimum absolute atomic E-state index is 0.395. The highest BCUT2D eigenvalue weighted by molar-refractivity contribution is 8.02. The first-order valence-electron chi connectivity index (χ1n) is 5.25. The number of hydrogen-bond donors (Lipinski definition) is 0. The van der Waals surface area contributed by atoms with Gasteiger partial charge >= 0.3 is 0 Å². The largest absolute Gasteiger partial charge is 0.193 e. The zero-order valence-electron chi connectivity index (χ0n) is 9.91. The Kier molecular flexibility index (Phi) is 4.87. The summed E-state index contributed by atoms with van der Waals surface area (Å²) in [6.45, 7) is 8.93. The molecule has 0 aliphatic rings. The average Bonchev–Trinajstić information content (AvgIpc) is 2.59. The Morgan fingerprint density at radius 3 is 2.73 bits per heavy atom. The van der Waals surface area contributed by atoms with Crippen molar-refractivity contribution in [2.45, 2.75) is 34.1 Å². The molecule has 0 atom stereocenters. The molecule has 0 aliphatic carbocycles. The fourth-order valence-electron chi connectivity index (χ4n) is 0.990. The molecule has 0 unspecified atom stereocenters. The highest BCUT2D eigenvalue weighted by Gasteiger charge is 2.08. The molecular weight excluding hydrogens is 222 g/mol. The van der Waals surface area contributed by atoms with Gasteiger partial charge in [0.05, 0.1) is 5.69 Å². The molecule has 1 nitrogen and oxygen atoms in total. The molecule has 1 aromatic heterocycles. The zero-order valence-corrected chi connectivity index (χ0v) is 11.5. The average molecular weight is 241 g/mol. The summed E-state index contributed by atoms with van der Waals surface area (Å²) in [6, 6.07) is 2.17. The van der Waals surface area contributed by atoms with E-state index in [1.807, 2.05) is 11.8 Å². The van der Waals surface area contributed by atoms with Gasteiger partial charge in [-0.25, -0.2) is 0 Å². The predicted octanol–water partition coefficient (Wildman–Crippen LogP) is 4.46. The van der Waals surface area contributed by atoms with E-state index < -0.39 is 0 Å². The molecule has 15 heavy (non-hydrogen) atoms. The summed E-state index contributed by atoms with van der Waals surface area (Å²) >= 11 is 3.46. The van der Waals surface area contributed by atoms with Gasteiger partial charge in [-0.2, -0.15) is 4.37 Å². The maximum Gasteiger partial charge on any atom is 0.0776 e. The molecule has 0 saturated carbocycles. The van der Waals surface area contributed by atoms with E-state index in [1.165, 1.54) is 4.88 Å². The highest BCUT2D eigenvalue weighted by atomic mass is 32.2. The van der Waals surface area contributed by atoms with Gasteiger partial charge in [-0.1, -0.05) is 27.7 Å². The summed E-state index contributed by atoms with van der Waals surface area (Å²) in [4.78, 5) is 1.36. The van der Waals surface area contributed by atoms with E-state index in [0.29, 0.717) is 5.41 Å². The van der Waals surface area contributed by atoms with Gasteiger partial charge in [0.2, 0.25) is 0 Å². The standard InChI is InChI=1S/C12H19NS2/c1-5-11-8-10(13-15-11)6-7-14-9-12(2,3)4/h6-8H,5,9H2,1-4H3. The van der Waals surface area contributed by atoms with Crippen molar-refractivity contribution in [3.63, 3.8) is 0 Å². The number of nitrogens with zero attached hydrogens (tertiary/aromatic N) is 1. The summed E-state index contributed by atoms with van der Waals surface area (Å²) in [5.74, 6) is 1.15. The van der Waals surface area contributed by atoms with Gasteiger partial charge in [-0.05, 0) is 40.9 Å². The van der Waals surface area contributed by atoms with E-state index in [-0.39, 0.29) is 0 Å². The van der Waals surface area contributed by atoms with Crippen LogP contribution in [-0.2, 0) is 6.42 Å². The van der Waals surface area contributed by atoms with Crippen molar-refractivity contribution in [1.29, 1.82) is 0 Å². The van der Waals surface area contributed by atoms with E-state index >= 15 is 0 Å². The second-order valence-corrected chi connectivity index (χ2v) is 6.53. The SMILES string of the molecule is CCc1cc(C=CSCC(C)(C)C)ns1. The van der Waals surface area contributed by atoms with Gasteiger partial charge < -0.3 is 0 Å². The van der Waals surface area contributed by atoms with Crippen LogP contribution in [-0.4, -0.2) is 10.1 Å². The lowest BCUT2D eigenvalue weighted by Crippen LogP contribution is -2.07. The molecule has 0 amide bonds. The third-order valence-corrected chi connectivity index (χ3v) is 4.08. The molecule has 0 N–H and O–H groups in total. The molecule has 0 spiro atoms. The van der Waals surface area contributed by atoms with E-state index in [4.69, 9.17) is 0 Å². The summed E-state index contributed by atoms with van der Waals surface area (Å²) < 4.78 is 4.36. The molecule has 0 fully saturated rings. The highest BCUT2D eigenvalue weighted by Crippen LogP contribution is 2.22. The van der Waals surface area contributed by atoms with Crippen LogP contribution in [0.3, 0.4) is 0 Å². The Hall–Kier alpha value is -0.280. The van der Waals surface area contributed by atoms with E-state index in [0.717, 1.165) is 17.9 Å². The van der Waals surface area contributed by atoms with Crippen molar-refractivity contribution < 1.29 is 0 Å². The Bertz CT molecular complexity index is 321. The first-order chi connectivity index (χ1) is 7.01. The van der Waals surface area contributed by atoms with Crippen molar-refractivity contribution in [2.75, 3.05) is 5.75 Å². The van der Waals surface area contributed by atoms with Gasteiger partial charge in [0.15, 0.2) is 0 Å². The van der Waals surface area contributed by atoms with Crippen LogP contribution in [0.5, 0.6) is 0 Å². The number of aromatic nitrogens is 1. The molecular formula is C12H19NS2. The molecule has 3 heteroatoms. The minimum Gasteiger partial charge on any atom is -0.193 e. The van der Waals surface area contributed by atoms with Crippen molar-refractivity contribution in [2.24, 2.45) is 5.41 Å². The molecule has 0 bridgehead atoms. The topological polar surface area (TPSA) is 12.9 Å². The summed E-state index contributed by atoms with van der Waals surface area (Å²) in [5, 5.41) is 2.15. The molecule has 1 rings (SSSR count). The molecule has 0 saturated heterocycles. The fourth-order valence-corrected chi connectivity index (χ4v) is 2.46. The van der Waals surface area contributed by atoms with Crippen LogP contribution in [0.25, 0.3) is 6.08 Å². The minimum atomic E-state index is 0.395. The quantitative estimate of drug-likeness (QED) is 0.772. The van der Waals surface area contributed by atoms with Crippen LogP contribution in [0.2, 0.25) is 0 Å². The summed E-state index contributed by atoms with van der Waals surface area (Å²) in [7, 11) is 0. The van der Waals surface area contributed by atoms with Crippen LogP contribution >= 0.6 is 23.3 Å². The monoisotopic (exact) mass is 241 g/mol. The summed E-state index contributed by atoms with van der Waals surface area (Å²) in [5.41, 5.74) is 1.49. The molecule has 0 aromatic carbocycles. The molecule has 1 aromatic rings. The van der Waals surface area contributed by atoms with Crippen LogP contribution in [0.1, 0.15) is 38.3 Å². The number of aryl methyl sites for hydroxylation is 1. The lowest BCUT2D eigenvalue weighted by Gasteiger charge is -2.15. The zero-order chi connectivity index (χ0) is 11.3. The van der Waals surface area contributed by atoms with Crippen molar-refractivity contribution in [1.82, 2.24) is 4.37 Å². The maximum atomic E-state index is 4.36. The predicted molar refractivity (Wildman–Crippen MR) is 72.4 cm³/mol. The van der Waals surface area contributed by atoms with Crippen LogP contribution in [0.15, 0.2) is 11.5 Å². The van der Waals surface area contributed by atoms with Gasteiger partial charge in [-0.3, -0.25) is 0 Å². The first kappa shape index (κ1) is 12.8. The Balaban J connectivity index is 2.38. The van der Waals surface area contributed by atoms with Crippen LogP contribution in [0.4, 0.5) is 0 Å². The van der Waals surface area contributed by atoms with Gasteiger partial charge in [-0.15, -0.1) is 11.8 Å². The number of thioether (sulfide) groups is 1. The summed E-state index contributed by atoms with van der Waals surface area (Å²) in [6.07, 6.45) is 3.19. The lowest BCUT2D eigenvalue weighted by atomic mass is 10.0. The number of hydrogen-bond acceptors (Lipinski definition) is 3.